The lowest BCUT2D eigenvalue weighted by molar-refractivity contribution is 0.147. The Hall–Kier alpha value is -0.550. The van der Waals surface area contributed by atoms with E-state index in [1.807, 2.05) is 30.0 Å². The second kappa shape index (κ2) is 9.46. The summed E-state index contributed by atoms with van der Waals surface area (Å²) in [7, 11) is 0. The molecule has 0 spiro atoms. The van der Waals surface area contributed by atoms with Crippen LogP contribution >= 0.6 is 11.8 Å². The van der Waals surface area contributed by atoms with Gasteiger partial charge in [-0.2, -0.15) is 11.8 Å². The quantitative estimate of drug-likeness (QED) is 0.582. The largest absolute Gasteiger partial charge is 0.396 e. The van der Waals surface area contributed by atoms with Crippen molar-refractivity contribution in [1.29, 1.82) is 0 Å². The molecule has 3 nitrogen and oxygen atoms in total. The van der Waals surface area contributed by atoms with E-state index in [0.717, 1.165) is 23.5 Å². The number of benzene rings is 1. The van der Waals surface area contributed by atoms with Crippen LogP contribution in [0.4, 0.5) is 0 Å². The summed E-state index contributed by atoms with van der Waals surface area (Å²) in [4.78, 5) is 0. The summed E-state index contributed by atoms with van der Waals surface area (Å²) >= 11 is 1.84. The van der Waals surface area contributed by atoms with Crippen molar-refractivity contribution < 1.29 is 10.2 Å². The van der Waals surface area contributed by atoms with Crippen LogP contribution in [0.25, 0.3) is 0 Å². The maximum atomic E-state index is 10.0. The van der Waals surface area contributed by atoms with Gasteiger partial charge in [-0.1, -0.05) is 37.3 Å². The summed E-state index contributed by atoms with van der Waals surface area (Å²) in [5.74, 6) is 2.24. The molecule has 120 valence electrons. The van der Waals surface area contributed by atoms with E-state index in [-0.39, 0.29) is 18.8 Å². The first-order valence-electron chi connectivity index (χ1n) is 7.66. The highest BCUT2D eigenvalue weighted by Gasteiger charge is 2.31. The third-order valence-corrected chi connectivity index (χ3v) is 4.85. The zero-order chi connectivity index (χ0) is 15.7. The summed E-state index contributed by atoms with van der Waals surface area (Å²) in [6.45, 7) is 6.59. The van der Waals surface area contributed by atoms with Gasteiger partial charge in [-0.25, -0.2) is 0 Å². The number of rotatable bonds is 10. The third-order valence-electron chi connectivity index (χ3n) is 3.55. The van der Waals surface area contributed by atoms with Crippen molar-refractivity contribution in [2.75, 3.05) is 24.7 Å². The number of aliphatic hydroxyl groups is 2. The minimum atomic E-state index is -0.384. The fraction of sp³-hybridized carbons (Fsp3) is 0.647. The molecule has 0 amide bonds. The summed E-state index contributed by atoms with van der Waals surface area (Å²) < 4.78 is 0. The lowest BCUT2D eigenvalue weighted by Crippen LogP contribution is -2.49. The normalized spacial score (nSPS) is 15.9. The third kappa shape index (κ3) is 5.99. The predicted octanol–water partition coefficient (Wildman–Crippen LogP) is 2.62. The highest BCUT2D eigenvalue weighted by atomic mass is 32.2. The Morgan fingerprint density at radius 1 is 1.14 bits per heavy atom. The van der Waals surface area contributed by atoms with Crippen LogP contribution in [0.5, 0.6) is 0 Å². The monoisotopic (exact) mass is 311 g/mol. The molecule has 1 rings (SSSR count). The Balaban J connectivity index is 2.73. The average Bonchev–Trinajstić information content (AvgIpc) is 2.50. The molecular weight excluding hydrogens is 282 g/mol. The molecule has 3 N–H and O–H groups in total. The minimum Gasteiger partial charge on any atom is -0.396 e. The first-order valence-corrected chi connectivity index (χ1v) is 8.82. The molecule has 0 heterocycles. The lowest BCUT2D eigenvalue weighted by atomic mass is 9.87. The topological polar surface area (TPSA) is 52.5 Å². The fourth-order valence-corrected chi connectivity index (χ4v) is 3.58. The van der Waals surface area contributed by atoms with Crippen molar-refractivity contribution in [2.24, 2.45) is 5.92 Å². The van der Waals surface area contributed by atoms with Crippen LogP contribution in [-0.4, -0.2) is 41.0 Å². The molecular formula is C17H29NO2S. The molecule has 1 aromatic rings. The van der Waals surface area contributed by atoms with Crippen molar-refractivity contribution in [3.8, 4) is 0 Å². The molecule has 2 atom stereocenters. The van der Waals surface area contributed by atoms with E-state index in [2.05, 4.69) is 38.2 Å². The number of hydrogen-bond acceptors (Lipinski definition) is 4. The summed E-state index contributed by atoms with van der Waals surface area (Å²) in [6, 6.07) is 10.5. The molecule has 0 aliphatic carbocycles. The Morgan fingerprint density at radius 2 is 1.81 bits per heavy atom. The van der Waals surface area contributed by atoms with Crippen LogP contribution < -0.4 is 5.32 Å². The molecule has 0 fully saturated rings. The highest BCUT2D eigenvalue weighted by molar-refractivity contribution is 7.99. The summed E-state index contributed by atoms with van der Waals surface area (Å²) in [5, 5.41) is 22.6. The molecule has 0 saturated heterocycles. The van der Waals surface area contributed by atoms with Crippen molar-refractivity contribution in [3.05, 3.63) is 35.9 Å². The number of hydrogen-bond donors (Lipinski definition) is 3. The van der Waals surface area contributed by atoms with Gasteiger partial charge in [0.05, 0.1) is 12.1 Å². The molecule has 1 aromatic carbocycles. The van der Waals surface area contributed by atoms with Gasteiger partial charge in [-0.3, -0.25) is 0 Å². The summed E-state index contributed by atoms with van der Waals surface area (Å²) in [6.07, 6.45) is 0.870. The Kier molecular flexibility index (Phi) is 8.34. The second-order valence-corrected chi connectivity index (χ2v) is 7.17. The maximum Gasteiger partial charge on any atom is 0.0678 e. The minimum absolute atomic E-state index is 0.0886. The van der Waals surface area contributed by atoms with Gasteiger partial charge in [-0.15, -0.1) is 0 Å². The number of aliphatic hydroxyl groups excluding tert-OH is 2. The first-order chi connectivity index (χ1) is 10.0. The predicted molar refractivity (Wildman–Crippen MR) is 91.7 cm³/mol. The zero-order valence-corrected chi connectivity index (χ0v) is 14.2. The van der Waals surface area contributed by atoms with Gasteiger partial charge in [0.15, 0.2) is 0 Å². The Labute approximate surface area is 133 Å². The van der Waals surface area contributed by atoms with Crippen molar-refractivity contribution in [2.45, 2.75) is 38.8 Å². The van der Waals surface area contributed by atoms with E-state index in [4.69, 9.17) is 5.11 Å². The van der Waals surface area contributed by atoms with Gasteiger partial charge in [0.2, 0.25) is 0 Å². The molecule has 21 heavy (non-hydrogen) atoms. The van der Waals surface area contributed by atoms with Crippen LogP contribution in [0.3, 0.4) is 0 Å². The van der Waals surface area contributed by atoms with Gasteiger partial charge < -0.3 is 15.5 Å². The standard InChI is InChI=1S/C17H29NO2S/c1-14(2)18-17(13-20,16-7-5-4-6-8-16)9-10-21-12-15(3)11-19/h4-8,14-15,18-20H,9-13H2,1-3H3. The van der Waals surface area contributed by atoms with Crippen LogP contribution in [0.15, 0.2) is 30.3 Å². The molecule has 0 aliphatic heterocycles. The summed E-state index contributed by atoms with van der Waals surface area (Å²) in [5.41, 5.74) is 0.752. The smallest absolute Gasteiger partial charge is 0.0678 e. The van der Waals surface area contributed by atoms with E-state index in [0.29, 0.717) is 12.0 Å². The van der Waals surface area contributed by atoms with E-state index in [1.54, 1.807) is 0 Å². The number of nitrogens with one attached hydrogen (secondary N) is 1. The van der Waals surface area contributed by atoms with Crippen LogP contribution in [0.2, 0.25) is 0 Å². The van der Waals surface area contributed by atoms with Crippen LogP contribution in [0.1, 0.15) is 32.8 Å². The second-order valence-electron chi connectivity index (χ2n) is 6.02. The zero-order valence-electron chi connectivity index (χ0n) is 13.4. The van der Waals surface area contributed by atoms with Crippen molar-refractivity contribution in [3.63, 3.8) is 0 Å². The van der Waals surface area contributed by atoms with Crippen molar-refractivity contribution in [1.82, 2.24) is 5.32 Å². The molecule has 0 saturated carbocycles. The van der Waals surface area contributed by atoms with Gasteiger partial charge in [0, 0.05) is 12.6 Å². The molecule has 0 radical (unpaired) electrons. The average molecular weight is 311 g/mol. The Morgan fingerprint density at radius 3 is 2.33 bits per heavy atom. The van der Waals surface area contributed by atoms with Gasteiger partial charge >= 0.3 is 0 Å². The van der Waals surface area contributed by atoms with E-state index >= 15 is 0 Å². The highest BCUT2D eigenvalue weighted by Crippen LogP contribution is 2.27. The van der Waals surface area contributed by atoms with E-state index in [1.165, 1.54) is 0 Å². The molecule has 4 heteroatoms. The van der Waals surface area contributed by atoms with E-state index < -0.39 is 0 Å². The number of thioether (sulfide) groups is 1. The SMILES string of the molecule is CC(CO)CSCCC(CO)(NC(C)C)c1ccccc1. The first kappa shape index (κ1) is 18.5. The van der Waals surface area contributed by atoms with E-state index in [9.17, 15) is 5.11 Å². The molecule has 2 unspecified atom stereocenters. The van der Waals surface area contributed by atoms with Crippen molar-refractivity contribution >= 4 is 11.8 Å². The van der Waals surface area contributed by atoms with Crippen LogP contribution in [0, 0.1) is 5.92 Å². The lowest BCUT2D eigenvalue weighted by Gasteiger charge is -2.36. The van der Waals surface area contributed by atoms with Gasteiger partial charge in [-0.05, 0) is 43.3 Å². The molecule has 0 aromatic heterocycles. The maximum absolute atomic E-state index is 10.0. The molecule has 0 bridgehead atoms. The van der Waals surface area contributed by atoms with Gasteiger partial charge in [0.1, 0.15) is 0 Å². The van der Waals surface area contributed by atoms with Crippen LogP contribution in [-0.2, 0) is 5.54 Å². The van der Waals surface area contributed by atoms with Gasteiger partial charge in [0.25, 0.3) is 0 Å². The Bertz CT molecular complexity index is 386. The molecule has 0 aliphatic rings. The fourth-order valence-electron chi connectivity index (χ4n) is 2.41.